The highest BCUT2D eigenvalue weighted by atomic mass is 32.1. The van der Waals surface area contributed by atoms with Crippen LogP contribution in [0.3, 0.4) is 0 Å². The zero-order valence-corrected chi connectivity index (χ0v) is 20.2. The molecule has 172 valence electrons. The van der Waals surface area contributed by atoms with Crippen molar-refractivity contribution in [2.24, 2.45) is 11.8 Å². The van der Waals surface area contributed by atoms with Crippen LogP contribution in [0.1, 0.15) is 65.9 Å². The van der Waals surface area contributed by atoms with Gasteiger partial charge in [0.2, 0.25) is 5.91 Å². The van der Waals surface area contributed by atoms with Crippen LogP contribution in [-0.4, -0.2) is 44.0 Å². The minimum atomic E-state index is -0.532. The summed E-state index contributed by atoms with van der Waals surface area (Å²) in [7, 11) is 4.89. The Labute approximate surface area is 193 Å². The van der Waals surface area contributed by atoms with E-state index < -0.39 is 5.92 Å². The smallest absolute Gasteiger partial charge is 0.254 e. The molecule has 2 aromatic rings. The molecule has 1 aromatic carbocycles. The summed E-state index contributed by atoms with van der Waals surface area (Å²) in [6.45, 7) is 4.49. The van der Waals surface area contributed by atoms with E-state index in [2.05, 4.69) is 19.2 Å². The van der Waals surface area contributed by atoms with Crippen molar-refractivity contribution in [1.29, 1.82) is 0 Å². The first kappa shape index (κ1) is 22.6. The van der Waals surface area contributed by atoms with Gasteiger partial charge in [0.25, 0.3) is 5.91 Å². The summed E-state index contributed by atoms with van der Waals surface area (Å²) in [6.07, 6.45) is 3.31. The molecule has 1 aliphatic carbocycles. The molecule has 0 spiro atoms. The van der Waals surface area contributed by atoms with Gasteiger partial charge in [0, 0.05) is 23.5 Å². The Morgan fingerprint density at radius 2 is 1.88 bits per heavy atom. The Balaban J connectivity index is 1.80. The third kappa shape index (κ3) is 3.87. The molecule has 2 heterocycles. The van der Waals surface area contributed by atoms with E-state index in [4.69, 9.17) is 9.47 Å². The number of likely N-dealkylation sites (N-methyl/N-ethyl adjacent to an activating group) is 1. The zero-order chi connectivity index (χ0) is 23.0. The highest BCUT2D eigenvalue weighted by Crippen LogP contribution is 2.46. The molecule has 0 radical (unpaired) electrons. The van der Waals surface area contributed by atoms with Gasteiger partial charge in [0.1, 0.15) is 0 Å². The van der Waals surface area contributed by atoms with Crippen molar-refractivity contribution in [3.63, 3.8) is 0 Å². The summed E-state index contributed by atoms with van der Waals surface area (Å²) >= 11 is 1.57. The Morgan fingerprint density at radius 1 is 1.16 bits per heavy atom. The number of carbonyl (C=O) groups excluding carboxylic acids is 2. The predicted molar refractivity (Wildman–Crippen MR) is 126 cm³/mol. The number of hydrogen-bond donors (Lipinski definition) is 1. The molecule has 1 saturated carbocycles. The minimum Gasteiger partial charge on any atom is -0.493 e. The van der Waals surface area contributed by atoms with Crippen molar-refractivity contribution in [3.8, 4) is 11.5 Å². The lowest BCUT2D eigenvalue weighted by Gasteiger charge is -2.41. The van der Waals surface area contributed by atoms with Crippen LogP contribution >= 0.6 is 11.3 Å². The van der Waals surface area contributed by atoms with Gasteiger partial charge in [-0.25, -0.2) is 0 Å². The number of methoxy groups -OCH3 is 2. The SMILES string of the molecule is COc1cc2c(cc1OC)[C@H](C(=O)N[C@@H]1CCC[C@H](C)[C@H]1C)[C@H](c1cccs1)N(C)C2=O. The lowest BCUT2D eigenvalue weighted by molar-refractivity contribution is -0.125. The van der Waals surface area contributed by atoms with Crippen molar-refractivity contribution in [1.82, 2.24) is 10.2 Å². The first-order chi connectivity index (χ1) is 15.4. The topological polar surface area (TPSA) is 67.9 Å². The highest BCUT2D eigenvalue weighted by Gasteiger charge is 2.45. The van der Waals surface area contributed by atoms with Crippen molar-refractivity contribution in [3.05, 3.63) is 45.6 Å². The molecule has 0 bridgehead atoms. The summed E-state index contributed by atoms with van der Waals surface area (Å²) < 4.78 is 11.0. The van der Waals surface area contributed by atoms with Crippen molar-refractivity contribution in [2.45, 2.75) is 51.1 Å². The van der Waals surface area contributed by atoms with E-state index in [9.17, 15) is 9.59 Å². The molecule has 4 rings (SSSR count). The maximum Gasteiger partial charge on any atom is 0.254 e. The minimum absolute atomic E-state index is 0.0397. The van der Waals surface area contributed by atoms with Gasteiger partial charge < -0.3 is 19.7 Å². The predicted octanol–water partition coefficient (Wildman–Crippen LogP) is 4.62. The fourth-order valence-corrected chi connectivity index (χ4v) is 6.11. The van der Waals surface area contributed by atoms with Crippen LogP contribution in [0.4, 0.5) is 0 Å². The maximum atomic E-state index is 13.9. The summed E-state index contributed by atoms with van der Waals surface area (Å²) in [4.78, 5) is 29.9. The number of carbonyl (C=O) groups is 2. The van der Waals surface area contributed by atoms with Gasteiger partial charge in [-0.1, -0.05) is 32.8 Å². The summed E-state index contributed by atoms with van der Waals surface area (Å²) in [5, 5.41) is 5.34. The van der Waals surface area contributed by atoms with Gasteiger partial charge in [-0.3, -0.25) is 9.59 Å². The molecule has 1 fully saturated rings. The van der Waals surface area contributed by atoms with Crippen LogP contribution in [0.5, 0.6) is 11.5 Å². The number of hydrogen-bond acceptors (Lipinski definition) is 5. The molecule has 32 heavy (non-hydrogen) atoms. The Hall–Kier alpha value is -2.54. The molecule has 2 amide bonds. The average molecular weight is 457 g/mol. The number of rotatable bonds is 5. The van der Waals surface area contributed by atoms with Crippen molar-refractivity contribution < 1.29 is 19.1 Å². The quantitative estimate of drug-likeness (QED) is 0.713. The monoisotopic (exact) mass is 456 g/mol. The first-order valence-corrected chi connectivity index (χ1v) is 12.1. The number of ether oxygens (including phenoxy) is 2. The molecular formula is C25H32N2O4S. The Bertz CT molecular complexity index is 990. The normalized spacial score (nSPS) is 27.6. The second-order valence-corrected chi connectivity index (χ2v) is 10.0. The van der Waals surface area contributed by atoms with Gasteiger partial charge >= 0.3 is 0 Å². The van der Waals surface area contributed by atoms with Crippen LogP contribution in [0, 0.1) is 11.8 Å². The van der Waals surface area contributed by atoms with Crippen molar-refractivity contribution in [2.75, 3.05) is 21.3 Å². The average Bonchev–Trinajstić information content (AvgIpc) is 3.32. The van der Waals surface area contributed by atoms with Crippen LogP contribution in [-0.2, 0) is 4.79 Å². The molecule has 1 N–H and O–H groups in total. The van der Waals surface area contributed by atoms with Crippen LogP contribution in [0.25, 0.3) is 0 Å². The molecule has 6 nitrogen and oxygen atoms in total. The fraction of sp³-hybridized carbons (Fsp3) is 0.520. The van der Waals surface area contributed by atoms with Gasteiger partial charge in [-0.15, -0.1) is 11.3 Å². The number of thiophene rings is 1. The van der Waals surface area contributed by atoms with Gasteiger partial charge in [0.05, 0.1) is 26.2 Å². The number of nitrogens with one attached hydrogen (secondary N) is 1. The molecule has 2 aliphatic rings. The lowest BCUT2D eigenvalue weighted by atomic mass is 9.77. The first-order valence-electron chi connectivity index (χ1n) is 11.2. The van der Waals surface area contributed by atoms with E-state index in [1.807, 2.05) is 17.5 Å². The van der Waals surface area contributed by atoms with E-state index in [0.29, 0.717) is 34.5 Å². The van der Waals surface area contributed by atoms with Gasteiger partial charge in [-0.2, -0.15) is 0 Å². The zero-order valence-electron chi connectivity index (χ0n) is 19.4. The standard InChI is InChI=1S/C25H32N2O4S/c1-14-8-6-9-18(15(14)2)26-24(28)22-16-12-19(30-4)20(31-5)13-17(16)25(29)27(3)23(22)21-10-7-11-32-21/h7,10-15,18,22-23H,6,8-9H2,1-5H3,(H,26,28)/t14-,15+,18+,22-,23-/m0/s1. The highest BCUT2D eigenvalue weighted by molar-refractivity contribution is 7.10. The summed E-state index contributed by atoms with van der Waals surface area (Å²) in [5.41, 5.74) is 1.18. The second-order valence-electron chi connectivity index (χ2n) is 9.03. The number of benzene rings is 1. The third-order valence-corrected chi connectivity index (χ3v) is 8.27. The third-order valence-electron chi connectivity index (χ3n) is 7.33. The van der Waals surface area contributed by atoms with Gasteiger partial charge in [0.15, 0.2) is 11.5 Å². The van der Waals surface area contributed by atoms with Crippen LogP contribution < -0.4 is 14.8 Å². The Morgan fingerprint density at radius 3 is 2.53 bits per heavy atom. The molecular weight excluding hydrogens is 424 g/mol. The van der Waals surface area contributed by atoms with E-state index in [-0.39, 0.29) is 23.9 Å². The van der Waals surface area contributed by atoms with Crippen molar-refractivity contribution >= 4 is 23.2 Å². The number of fused-ring (bicyclic) bond motifs is 1. The molecule has 7 heteroatoms. The largest absolute Gasteiger partial charge is 0.493 e. The molecule has 1 aliphatic heterocycles. The summed E-state index contributed by atoms with van der Waals surface area (Å²) in [6, 6.07) is 7.23. The van der Waals surface area contributed by atoms with E-state index in [1.54, 1.807) is 49.6 Å². The molecule has 5 atom stereocenters. The second kappa shape index (κ2) is 9.14. The molecule has 1 aromatic heterocycles. The molecule has 0 saturated heterocycles. The van der Waals surface area contributed by atoms with E-state index >= 15 is 0 Å². The molecule has 0 unspecified atom stereocenters. The van der Waals surface area contributed by atoms with Crippen LogP contribution in [0.2, 0.25) is 0 Å². The summed E-state index contributed by atoms with van der Waals surface area (Å²) in [5.74, 6) is 1.30. The van der Waals surface area contributed by atoms with E-state index in [1.165, 1.54) is 6.42 Å². The lowest BCUT2D eigenvalue weighted by Crippen LogP contribution is -2.50. The van der Waals surface area contributed by atoms with Gasteiger partial charge in [-0.05, 0) is 47.4 Å². The number of nitrogens with zero attached hydrogens (tertiary/aromatic N) is 1. The fourth-order valence-electron chi connectivity index (χ4n) is 5.20. The Kier molecular flexibility index (Phi) is 6.47. The number of amides is 2. The van der Waals surface area contributed by atoms with Crippen LogP contribution in [0.15, 0.2) is 29.6 Å². The maximum absolute atomic E-state index is 13.9. The van der Waals surface area contributed by atoms with E-state index in [0.717, 1.165) is 17.7 Å².